The number of aryl methyl sites for hydroxylation is 3. The lowest BCUT2D eigenvalue weighted by molar-refractivity contribution is -0.142. The molecule has 0 bridgehead atoms. The summed E-state index contributed by atoms with van der Waals surface area (Å²) in [6.07, 6.45) is 1.10. The molecular formula is C16H23NO4. The van der Waals surface area contributed by atoms with Crippen molar-refractivity contribution < 1.29 is 19.4 Å². The topological polar surface area (TPSA) is 75.6 Å². The molecule has 0 aliphatic rings. The molecule has 0 radical (unpaired) electrons. The quantitative estimate of drug-likeness (QED) is 0.809. The number of ether oxygens (including phenoxy) is 1. The van der Waals surface area contributed by atoms with Gasteiger partial charge in [0.05, 0.1) is 0 Å². The van der Waals surface area contributed by atoms with Gasteiger partial charge >= 0.3 is 5.97 Å². The number of carboxylic acid groups (broad SMARTS) is 1. The Kier molecular flexibility index (Phi) is 6.21. The first-order valence-electron chi connectivity index (χ1n) is 7.08. The number of hydrogen-bond acceptors (Lipinski definition) is 3. The van der Waals surface area contributed by atoms with Gasteiger partial charge in [0, 0.05) is 0 Å². The third-order valence-electron chi connectivity index (χ3n) is 3.16. The Labute approximate surface area is 125 Å². The van der Waals surface area contributed by atoms with Gasteiger partial charge in [0.2, 0.25) is 0 Å². The average molecular weight is 293 g/mol. The number of benzene rings is 1. The van der Waals surface area contributed by atoms with E-state index in [1.54, 1.807) is 0 Å². The summed E-state index contributed by atoms with van der Waals surface area (Å²) in [5, 5.41) is 11.5. The van der Waals surface area contributed by atoms with Crippen LogP contribution in [0.2, 0.25) is 0 Å². The highest BCUT2D eigenvalue weighted by Crippen LogP contribution is 2.24. The Morgan fingerprint density at radius 2 is 1.81 bits per heavy atom. The van der Waals surface area contributed by atoms with Crippen molar-refractivity contribution in [3.05, 3.63) is 28.8 Å². The molecule has 0 aliphatic heterocycles. The molecule has 0 saturated carbocycles. The molecular weight excluding hydrogens is 270 g/mol. The lowest BCUT2D eigenvalue weighted by Gasteiger charge is -2.16. The van der Waals surface area contributed by atoms with Crippen LogP contribution in [-0.2, 0) is 9.59 Å². The van der Waals surface area contributed by atoms with Crippen molar-refractivity contribution in [2.24, 2.45) is 0 Å². The molecule has 1 aromatic rings. The van der Waals surface area contributed by atoms with Gasteiger partial charge in [-0.3, -0.25) is 4.79 Å². The van der Waals surface area contributed by atoms with Gasteiger partial charge in [0.1, 0.15) is 11.8 Å². The van der Waals surface area contributed by atoms with Crippen LogP contribution < -0.4 is 10.1 Å². The molecule has 1 aromatic carbocycles. The number of hydrogen-bond donors (Lipinski definition) is 2. The largest absolute Gasteiger partial charge is 0.483 e. The van der Waals surface area contributed by atoms with E-state index in [4.69, 9.17) is 9.84 Å². The SMILES string of the molecule is CCCC(NC(=O)COc1c(C)cc(C)cc1C)C(=O)O. The Balaban J connectivity index is 2.63. The van der Waals surface area contributed by atoms with Crippen LogP contribution in [0.15, 0.2) is 12.1 Å². The number of carbonyl (C=O) groups excluding carboxylic acids is 1. The molecule has 0 saturated heterocycles. The second-order valence-corrected chi connectivity index (χ2v) is 5.26. The minimum Gasteiger partial charge on any atom is -0.483 e. The van der Waals surface area contributed by atoms with E-state index in [9.17, 15) is 9.59 Å². The number of amides is 1. The zero-order valence-corrected chi connectivity index (χ0v) is 13.0. The molecule has 0 heterocycles. The third-order valence-corrected chi connectivity index (χ3v) is 3.16. The molecule has 0 fully saturated rings. The van der Waals surface area contributed by atoms with E-state index in [0.29, 0.717) is 18.6 Å². The van der Waals surface area contributed by atoms with Gasteiger partial charge in [-0.2, -0.15) is 0 Å². The van der Waals surface area contributed by atoms with Gasteiger partial charge in [-0.25, -0.2) is 4.79 Å². The smallest absolute Gasteiger partial charge is 0.326 e. The van der Waals surface area contributed by atoms with Crippen LogP contribution in [0.25, 0.3) is 0 Å². The molecule has 1 atom stereocenters. The maximum absolute atomic E-state index is 11.8. The van der Waals surface area contributed by atoms with Crippen molar-refractivity contribution in [1.29, 1.82) is 0 Å². The first-order valence-corrected chi connectivity index (χ1v) is 7.08. The van der Waals surface area contributed by atoms with Crippen molar-refractivity contribution >= 4 is 11.9 Å². The zero-order chi connectivity index (χ0) is 16.0. The van der Waals surface area contributed by atoms with Crippen LogP contribution in [0.3, 0.4) is 0 Å². The van der Waals surface area contributed by atoms with Crippen LogP contribution in [0.4, 0.5) is 0 Å². The Morgan fingerprint density at radius 3 is 2.29 bits per heavy atom. The van der Waals surface area contributed by atoms with Gasteiger partial charge in [-0.1, -0.05) is 31.0 Å². The number of carboxylic acids is 1. The Hall–Kier alpha value is -2.04. The van der Waals surface area contributed by atoms with Crippen molar-refractivity contribution in [3.8, 4) is 5.75 Å². The van der Waals surface area contributed by atoms with Crippen LogP contribution in [-0.4, -0.2) is 29.6 Å². The fraction of sp³-hybridized carbons (Fsp3) is 0.500. The third kappa shape index (κ3) is 5.10. The predicted octanol–water partition coefficient (Wildman–Crippen LogP) is 2.36. The van der Waals surface area contributed by atoms with E-state index in [0.717, 1.165) is 16.7 Å². The van der Waals surface area contributed by atoms with E-state index in [-0.39, 0.29) is 6.61 Å². The summed E-state index contributed by atoms with van der Waals surface area (Å²) in [6, 6.07) is 3.11. The van der Waals surface area contributed by atoms with Crippen LogP contribution in [0.1, 0.15) is 36.5 Å². The summed E-state index contributed by atoms with van der Waals surface area (Å²) in [5.74, 6) is -0.763. The van der Waals surface area contributed by atoms with Gasteiger partial charge in [0.15, 0.2) is 6.61 Å². The number of aliphatic carboxylic acids is 1. The predicted molar refractivity (Wildman–Crippen MR) is 80.6 cm³/mol. The zero-order valence-electron chi connectivity index (χ0n) is 13.0. The number of rotatable bonds is 7. The van der Waals surface area contributed by atoms with E-state index in [1.807, 2.05) is 39.8 Å². The minimum atomic E-state index is -1.02. The summed E-state index contributed by atoms with van der Waals surface area (Å²) in [7, 11) is 0. The average Bonchev–Trinajstić information content (AvgIpc) is 2.36. The molecule has 5 nitrogen and oxygen atoms in total. The molecule has 1 rings (SSSR count). The van der Waals surface area contributed by atoms with Gasteiger partial charge in [0.25, 0.3) is 5.91 Å². The molecule has 1 unspecified atom stereocenters. The van der Waals surface area contributed by atoms with E-state index < -0.39 is 17.9 Å². The summed E-state index contributed by atoms with van der Waals surface area (Å²) in [4.78, 5) is 22.8. The standard InChI is InChI=1S/C16H23NO4/c1-5-6-13(16(19)20)17-14(18)9-21-15-11(3)7-10(2)8-12(15)4/h7-8,13H,5-6,9H2,1-4H3,(H,17,18)(H,19,20). The van der Waals surface area contributed by atoms with Crippen LogP contribution in [0.5, 0.6) is 5.75 Å². The fourth-order valence-corrected chi connectivity index (χ4v) is 2.31. The first-order chi connectivity index (χ1) is 9.85. The lowest BCUT2D eigenvalue weighted by atomic mass is 10.1. The molecule has 0 aromatic heterocycles. The van der Waals surface area contributed by atoms with Crippen LogP contribution >= 0.6 is 0 Å². The molecule has 0 aliphatic carbocycles. The number of carbonyl (C=O) groups is 2. The second kappa shape index (κ2) is 7.67. The van der Waals surface area contributed by atoms with Crippen molar-refractivity contribution in [2.45, 2.75) is 46.6 Å². The fourth-order valence-electron chi connectivity index (χ4n) is 2.31. The molecule has 21 heavy (non-hydrogen) atoms. The van der Waals surface area contributed by atoms with E-state index in [2.05, 4.69) is 5.32 Å². The van der Waals surface area contributed by atoms with E-state index >= 15 is 0 Å². The molecule has 5 heteroatoms. The summed E-state index contributed by atoms with van der Waals surface area (Å²) in [5.41, 5.74) is 3.06. The Morgan fingerprint density at radius 1 is 1.24 bits per heavy atom. The molecule has 2 N–H and O–H groups in total. The van der Waals surface area contributed by atoms with E-state index in [1.165, 1.54) is 0 Å². The highest BCUT2D eigenvalue weighted by atomic mass is 16.5. The Bertz CT molecular complexity index is 502. The van der Waals surface area contributed by atoms with Crippen LogP contribution in [0, 0.1) is 20.8 Å². The first kappa shape index (κ1) is 17.0. The molecule has 0 spiro atoms. The highest BCUT2D eigenvalue weighted by molar-refractivity contribution is 5.84. The molecule has 1 amide bonds. The summed E-state index contributed by atoms with van der Waals surface area (Å²) in [6.45, 7) is 7.53. The summed E-state index contributed by atoms with van der Waals surface area (Å²) >= 11 is 0. The van der Waals surface area contributed by atoms with Crippen molar-refractivity contribution in [1.82, 2.24) is 5.32 Å². The maximum Gasteiger partial charge on any atom is 0.326 e. The minimum absolute atomic E-state index is 0.182. The van der Waals surface area contributed by atoms with Gasteiger partial charge < -0.3 is 15.2 Å². The summed E-state index contributed by atoms with van der Waals surface area (Å²) < 4.78 is 5.54. The monoisotopic (exact) mass is 293 g/mol. The van der Waals surface area contributed by atoms with Crippen molar-refractivity contribution in [3.63, 3.8) is 0 Å². The normalized spacial score (nSPS) is 11.8. The van der Waals surface area contributed by atoms with Gasteiger partial charge in [-0.15, -0.1) is 0 Å². The lowest BCUT2D eigenvalue weighted by Crippen LogP contribution is -2.42. The second-order valence-electron chi connectivity index (χ2n) is 5.26. The highest BCUT2D eigenvalue weighted by Gasteiger charge is 2.19. The number of nitrogens with one attached hydrogen (secondary N) is 1. The van der Waals surface area contributed by atoms with Gasteiger partial charge in [-0.05, 0) is 38.3 Å². The maximum atomic E-state index is 11.8. The molecule has 116 valence electrons. The van der Waals surface area contributed by atoms with Crippen molar-refractivity contribution in [2.75, 3.05) is 6.61 Å².